The summed E-state index contributed by atoms with van der Waals surface area (Å²) in [5.74, 6) is -3.35. The second kappa shape index (κ2) is 7.25. The summed E-state index contributed by atoms with van der Waals surface area (Å²) >= 11 is 0. The Bertz CT molecular complexity index is 1350. The Hall–Kier alpha value is -4.33. The smallest absolute Gasteiger partial charge is 0.342 e. The van der Waals surface area contributed by atoms with Crippen LogP contribution in [0.5, 0.6) is 0 Å². The van der Waals surface area contributed by atoms with Crippen molar-refractivity contribution in [1.29, 1.82) is 0 Å². The minimum atomic E-state index is -1.53. The van der Waals surface area contributed by atoms with Crippen molar-refractivity contribution in [1.82, 2.24) is 9.55 Å². The summed E-state index contributed by atoms with van der Waals surface area (Å²) in [6.07, 6.45) is 1.89. The molecule has 5 N–H and O–H groups in total. The summed E-state index contributed by atoms with van der Waals surface area (Å²) in [7, 11) is 0. The van der Waals surface area contributed by atoms with Crippen LogP contribution in [0, 0.1) is 0 Å². The molecule has 0 spiro atoms. The van der Waals surface area contributed by atoms with E-state index in [1.165, 1.54) is 0 Å². The zero-order valence-electron chi connectivity index (χ0n) is 15.6. The topological polar surface area (TPSA) is 138 Å². The molecular weight excluding hydrogens is 386 g/mol. The Kier molecular flexibility index (Phi) is 4.59. The summed E-state index contributed by atoms with van der Waals surface area (Å²) < 4.78 is 2.02. The molecule has 0 saturated heterocycles. The molecular formula is C22H17N3O5. The first kappa shape index (κ1) is 19.0. The van der Waals surface area contributed by atoms with E-state index in [4.69, 9.17) is 5.73 Å². The molecule has 8 heteroatoms. The van der Waals surface area contributed by atoms with Crippen LogP contribution in [0.15, 0.2) is 65.6 Å². The van der Waals surface area contributed by atoms with Crippen molar-refractivity contribution in [2.75, 3.05) is 5.73 Å². The molecule has 0 bridgehead atoms. The van der Waals surface area contributed by atoms with Crippen LogP contribution >= 0.6 is 0 Å². The van der Waals surface area contributed by atoms with E-state index >= 15 is 0 Å². The molecule has 0 fully saturated rings. The number of nitrogens with two attached hydrogens (primary N) is 1. The molecule has 4 aromatic rings. The average Bonchev–Trinajstić information content (AvgIpc) is 3.09. The van der Waals surface area contributed by atoms with Crippen molar-refractivity contribution in [2.45, 2.75) is 6.54 Å². The van der Waals surface area contributed by atoms with E-state index in [-0.39, 0.29) is 11.1 Å². The number of nitrogens with one attached hydrogen (secondary N) is 1. The van der Waals surface area contributed by atoms with Gasteiger partial charge in [-0.3, -0.25) is 4.79 Å². The third-order valence-corrected chi connectivity index (χ3v) is 4.93. The zero-order valence-corrected chi connectivity index (χ0v) is 15.6. The SMILES string of the molecule is Nc1[nH]c(=O)c(C(=O)O)c(-c2ccc3c(ccn3Cc3ccccc3)c2)c1C(=O)O. The van der Waals surface area contributed by atoms with E-state index in [0.717, 1.165) is 16.5 Å². The lowest BCUT2D eigenvalue weighted by atomic mass is 9.94. The molecule has 0 atom stereocenters. The predicted octanol–water partition coefficient (Wildman–Crippen LogP) is 3.02. The van der Waals surface area contributed by atoms with Crippen LogP contribution in [0.1, 0.15) is 26.3 Å². The Morgan fingerprint density at radius 3 is 2.33 bits per heavy atom. The number of rotatable bonds is 5. The van der Waals surface area contributed by atoms with Gasteiger partial charge in [-0.1, -0.05) is 36.4 Å². The van der Waals surface area contributed by atoms with Crippen LogP contribution in [-0.2, 0) is 6.54 Å². The standard InChI is InChI=1S/C22H17N3O5/c23-19-17(21(27)28)16(18(22(29)30)20(26)24-19)14-6-7-15-13(10-14)8-9-25(15)11-12-4-2-1-3-5-12/h1-10H,11H2,(H,27,28)(H,29,30)(H3,23,24,26). The number of benzene rings is 2. The van der Waals surface area contributed by atoms with Crippen LogP contribution in [0.25, 0.3) is 22.0 Å². The minimum Gasteiger partial charge on any atom is -0.478 e. The molecule has 0 saturated carbocycles. The third-order valence-electron chi connectivity index (χ3n) is 4.93. The highest BCUT2D eigenvalue weighted by Gasteiger charge is 2.26. The molecule has 150 valence electrons. The fourth-order valence-electron chi connectivity index (χ4n) is 3.61. The molecule has 0 aliphatic rings. The lowest BCUT2D eigenvalue weighted by molar-refractivity contribution is 0.0695. The quantitative estimate of drug-likeness (QED) is 0.404. The number of carbonyl (C=O) groups is 2. The molecule has 0 unspecified atom stereocenters. The summed E-state index contributed by atoms with van der Waals surface area (Å²) in [5.41, 5.74) is 5.70. The number of hydrogen-bond acceptors (Lipinski definition) is 4. The van der Waals surface area contributed by atoms with E-state index in [9.17, 15) is 24.6 Å². The second-order valence-corrected chi connectivity index (χ2v) is 6.81. The number of anilines is 1. The number of aromatic carboxylic acids is 2. The molecule has 0 aliphatic heterocycles. The van der Waals surface area contributed by atoms with Gasteiger partial charge < -0.3 is 25.5 Å². The first-order valence-electron chi connectivity index (χ1n) is 9.02. The fraction of sp³-hybridized carbons (Fsp3) is 0.0455. The van der Waals surface area contributed by atoms with Gasteiger partial charge in [0, 0.05) is 29.2 Å². The molecule has 8 nitrogen and oxygen atoms in total. The van der Waals surface area contributed by atoms with Gasteiger partial charge in [-0.2, -0.15) is 0 Å². The molecule has 4 rings (SSSR count). The molecule has 30 heavy (non-hydrogen) atoms. The van der Waals surface area contributed by atoms with Crippen molar-refractivity contribution in [3.05, 3.63) is 87.8 Å². The molecule has 0 radical (unpaired) electrons. The number of nitrogen functional groups attached to an aromatic ring is 1. The Balaban J connectivity index is 1.90. The van der Waals surface area contributed by atoms with Gasteiger partial charge >= 0.3 is 11.9 Å². The van der Waals surface area contributed by atoms with Crippen LogP contribution < -0.4 is 11.3 Å². The van der Waals surface area contributed by atoms with Crippen LogP contribution in [-0.4, -0.2) is 31.7 Å². The average molecular weight is 403 g/mol. The maximum absolute atomic E-state index is 12.2. The van der Waals surface area contributed by atoms with E-state index in [1.54, 1.807) is 18.2 Å². The molecule has 2 aromatic heterocycles. The molecule has 0 amide bonds. The van der Waals surface area contributed by atoms with E-state index in [2.05, 4.69) is 4.98 Å². The van der Waals surface area contributed by atoms with E-state index in [1.807, 2.05) is 47.2 Å². The lowest BCUT2D eigenvalue weighted by Crippen LogP contribution is -2.24. The number of H-pyrrole nitrogens is 1. The van der Waals surface area contributed by atoms with Crippen molar-refractivity contribution in [3.63, 3.8) is 0 Å². The molecule has 0 aliphatic carbocycles. The van der Waals surface area contributed by atoms with Gasteiger partial charge in [-0.25, -0.2) is 9.59 Å². The van der Waals surface area contributed by atoms with Gasteiger partial charge in [-0.05, 0) is 29.3 Å². The van der Waals surface area contributed by atoms with Gasteiger partial charge in [0.1, 0.15) is 16.9 Å². The van der Waals surface area contributed by atoms with Crippen molar-refractivity contribution < 1.29 is 19.8 Å². The van der Waals surface area contributed by atoms with Gasteiger partial charge in [0.25, 0.3) is 5.56 Å². The summed E-state index contributed by atoms with van der Waals surface area (Å²) in [4.78, 5) is 37.8. The first-order valence-corrected chi connectivity index (χ1v) is 9.02. The highest BCUT2D eigenvalue weighted by Crippen LogP contribution is 2.32. The van der Waals surface area contributed by atoms with Crippen molar-refractivity contribution in [2.24, 2.45) is 0 Å². The maximum atomic E-state index is 12.2. The third kappa shape index (κ3) is 3.20. The number of nitrogens with zero attached hydrogens (tertiary/aromatic N) is 1. The number of carboxylic acids is 2. The van der Waals surface area contributed by atoms with Gasteiger partial charge in [0.2, 0.25) is 0 Å². The van der Waals surface area contributed by atoms with Crippen LogP contribution in [0.4, 0.5) is 5.82 Å². The summed E-state index contributed by atoms with van der Waals surface area (Å²) in [6.45, 7) is 0.641. The second-order valence-electron chi connectivity index (χ2n) is 6.81. The van der Waals surface area contributed by atoms with Crippen LogP contribution in [0.2, 0.25) is 0 Å². The Morgan fingerprint density at radius 2 is 1.67 bits per heavy atom. The van der Waals surface area contributed by atoms with Gasteiger partial charge in [0.15, 0.2) is 0 Å². The highest BCUT2D eigenvalue weighted by molar-refractivity contribution is 6.08. The normalized spacial score (nSPS) is 10.9. The Morgan fingerprint density at radius 1 is 0.967 bits per heavy atom. The predicted molar refractivity (Wildman–Crippen MR) is 112 cm³/mol. The van der Waals surface area contributed by atoms with E-state index < -0.39 is 34.4 Å². The number of aromatic nitrogens is 2. The van der Waals surface area contributed by atoms with Gasteiger partial charge in [-0.15, -0.1) is 0 Å². The number of pyridine rings is 1. The number of aromatic amines is 1. The van der Waals surface area contributed by atoms with Crippen molar-refractivity contribution >= 4 is 28.7 Å². The minimum absolute atomic E-state index is 0.214. The van der Waals surface area contributed by atoms with Gasteiger partial charge in [0.05, 0.1) is 0 Å². The Labute approximate surface area is 169 Å². The fourth-order valence-corrected chi connectivity index (χ4v) is 3.61. The number of fused-ring (bicyclic) bond motifs is 1. The first-order chi connectivity index (χ1) is 14.4. The number of carboxylic acid groups (broad SMARTS) is 2. The largest absolute Gasteiger partial charge is 0.478 e. The van der Waals surface area contributed by atoms with Crippen LogP contribution in [0.3, 0.4) is 0 Å². The maximum Gasteiger partial charge on any atom is 0.342 e. The zero-order chi connectivity index (χ0) is 21.4. The number of hydrogen-bond donors (Lipinski definition) is 4. The molecule has 2 heterocycles. The highest BCUT2D eigenvalue weighted by atomic mass is 16.4. The lowest BCUT2D eigenvalue weighted by Gasteiger charge is -2.13. The summed E-state index contributed by atoms with van der Waals surface area (Å²) in [6, 6.07) is 16.7. The monoisotopic (exact) mass is 403 g/mol. The van der Waals surface area contributed by atoms with Crippen molar-refractivity contribution in [3.8, 4) is 11.1 Å². The molecule has 2 aromatic carbocycles. The summed E-state index contributed by atoms with van der Waals surface area (Å²) in [5, 5.41) is 19.9. The van der Waals surface area contributed by atoms with E-state index in [0.29, 0.717) is 6.54 Å².